The van der Waals surface area contributed by atoms with Crippen LogP contribution in [0.5, 0.6) is 11.5 Å². The molecule has 1 aliphatic rings. The molecule has 0 saturated carbocycles. The number of methoxy groups -OCH3 is 2. The predicted octanol–water partition coefficient (Wildman–Crippen LogP) is 0.692. The molecule has 5 nitrogen and oxygen atoms in total. The second-order valence-corrected chi connectivity index (χ2v) is 4.27. The molecule has 18 heavy (non-hydrogen) atoms. The van der Waals surface area contributed by atoms with Crippen LogP contribution in [0, 0.1) is 0 Å². The number of nitrogens with two attached hydrogens (primary N) is 1. The fraction of sp³-hybridized carbons (Fsp3) is 0.538. The van der Waals surface area contributed by atoms with Gasteiger partial charge in [0.2, 0.25) is 0 Å². The van der Waals surface area contributed by atoms with Crippen molar-refractivity contribution < 1.29 is 14.2 Å². The summed E-state index contributed by atoms with van der Waals surface area (Å²) in [4.78, 5) is 0. The summed E-state index contributed by atoms with van der Waals surface area (Å²) in [7, 11) is 3.26. The van der Waals surface area contributed by atoms with Crippen molar-refractivity contribution in [3.05, 3.63) is 23.8 Å². The number of hydrogen-bond acceptors (Lipinski definition) is 5. The highest BCUT2D eigenvalue weighted by molar-refractivity contribution is 5.43. The first-order valence-electron chi connectivity index (χ1n) is 6.05. The third kappa shape index (κ3) is 2.75. The minimum absolute atomic E-state index is 0.112. The van der Waals surface area contributed by atoms with E-state index < -0.39 is 0 Å². The summed E-state index contributed by atoms with van der Waals surface area (Å²) in [6, 6.07) is 5.63. The molecule has 0 radical (unpaired) electrons. The van der Waals surface area contributed by atoms with Crippen molar-refractivity contribution in [3.63, 3.8) is 0 Å². The van der Waals surface area contributed by atoms with Crippen molar-refractivity contribution in [1.82, 2.24) is 5.32 Å². The summed E-state index contributed by atoms with van der Waals surface area (Å²) < 4.78 is 16.0. The van der Waals surface area contributed by atoms with Crippen LogP contribution in [0.4, 0.5) is 0 Å². The summed E-state index contributed by atoms with van der Waals surface area (Å²) in [5.41, 5.74) is 7.23. The van der Waals surface area contributed by atoms with Crippen molar-refractivity contribution in [2.75, 3.05) is 34.0 Å². The minimum Gasteiger partial charge on any atom is -0.497 e. The van der Waals surface area contributed by atoms with Crippen LogP contribution in [0.25, 0.3) is 0 Å². The van der Waals surface area contributed by atoms with E-state index in [-0.39, 0.29) is 12.1 Å². The highest BCUT2D eigenvalue weighted by Gasteiger charge is 2.24. The average molecular weight is 252 g/mol. The van der Waals surface area contributed by atoms with Gasteiger partial charge in [-0.15, -0.1) is 0 Å². The zero-order valence-electron chi connectivity index (χ0n) is 10.8. The molecule has 2 unspecified atom stereocenters. The maximum absolute atomic E-state index is 6.27. The minimum atomic E-state index is -0.161. The number of nitrogens with one attached hydrogen (secondary N) is 1. The van der Waals surface area contributed by atoms with Crippen LogP contribution in [-0.2, 0) is 4.74 Å². The molecule has 1 saturated heterocycles. The smallest absolute Gasteiger partial charge is 0.127 e. The van der Waals surface area contributed by atoms with Gasteiger partial charge in [0.1, 0.15) is 11.5 Å². The van der Waals surface area contributed by atoms with E-state index in [1.165, 1.54) is 0 Å². The molecule has 2 atom stereocenters. The second kappa shape index (κ2) is 6.04. The molecule has 0 aromatic heterocycles. The fourth-order valence-corrected chi connectivity index (χ4v) is 2.13. The monoisotopic (exact) mass is 252 g/mol. The molecule has 3 N–H and O–H groups in total. The standard InChI is InChI=1S/C13H20N2O3/c1-16-9-3-4-10(12(7-9)17-2)13(14)11-8-18-6-5-15-11/h3-4,7,11,13,15H,5-6,8,14H2,1-2H3. The van der Waals surface area contributed by atoms with Gasteiger partial charge in [-0.3, -0.25) is 0 Å². The van der Waals surface area contributed by atoms with E-state index in [0.29, 0.717) is 6.61 Å². The maximum atomic E-state index is 6.27. The summed E-state index contributed by atoms with van der Waals surface area (Å²) in [6.07, 6.45) is 0. The third-order valence-electron chi connectivity index (χ3n) is 3.18. The van der Waals surface area contributed by atoms with E-state index in [1.54, 1.807) is 14.2 Å². The van der Waals surface area contributed by atoms with Crippen LogP contribution in [0.1, 0.15) is 11.6 Å². The number of rotatable bonds is 4. The molecule has 0 amide bonds. The van der Waals surface area contributed by atoms with Crippen molar-refractivity contribution in [2.45, 2.75) is 12.1 Å². The Bertz CT molecular complexity index is 392. The van der Waals surface area contributed by atoms with Crippen LogP contribution in [0.3, 0.4) is 0 Å². The Kier molecular flexibility index (Phi) is 4.41. The van der Waals surface area contributed by atoms with Crippen LogP contribution in [0.15, 0.2) is 18.2 Å². The lowest BCUT2D eigenvalue weighted by atomic mass is 9.99. The highest BCUT2D eigenvalue weighted by Crippen LogP contribution is 2.30. The first-order valence-corrected chi connectivity index (χ1v) is 6.05. The normalized spacial score (nSPS) is 21.4. The van der Waals surface area contributed by atoms with Gasteiger partial charge in [0.15, 0.2) is 0 Å². The zero-order valence-corrected chi connectivity index (χ0v) is 10.8. The van der Waals surface area contributed by atoms with Crippen LogP contribution in [0.2, 0.25) is 0 Å². The van der Waals surface area contributed by atoms with Gasteiger partial charge < -0.3 is 25.3 Å². The number of ether oxygens (including phenoxy) is 3. The summed E-state index contributed by atoms with van der Waals surface area (Å²) in [5, 5.41) is 3.36. The summed E-state index contributed by atoms with van der Waals surface area (Å²) in [5.74, 6) is 1.50. The topological polar surface area (TPSA) is 65.7 Å². The highest BCUT2D eigenvalue weighted by atomic mass is 16.5. The van der Waals surface area contributed by atoms with E-state index in [0.717, 1.165) is 30.2 Å². The molecule has 1 aliphatic heterocycles. The zero-order chi connectivity index (χ0) is 13.0. The Morgan fingerprint density at radius 3 is 2.83 bits per heavy atom. The first kappa shape index (κ1) is 13.1. The lowest BCUT2D eigenvalue weighted by Crippen LogP contribution is -2.47. The SMILES string of the molecule is COc1ccc(C(N)C2COCCN2)c(OC)c1. The predicted molar refractivity (Wildman–Crippen MR) is 69.1 cm³/mol. The molecule has 0 aliphatic carbocycles. The molecule has 1 aromatic rings. The Hall–Kier alpha value is -1.30. The number of hydrogen-bond donors (Lipinski definition) is 2. The average Bonchev–Trinajstić information content (AvgIpc) is 2.46. The number of morpholine rings is 1. The van der Waals surface area contributed by atoms with Crippen LogP contribution < -0.4 is 20.5 Å². The molecule has 1 heterocycles. The maximum Gasteiger partial charge on any atom is 0.127 e. The molecule has 1 fully saturated rings. The van der Waals surface area contributed by atoms with Gasteiger partial charge in [0, 0.05) is 24.2 Å². The van der Waals surface area contributed by atoms with E-state index >= 15 is 0 Å². The van der Waals surface area contributed by atoms with Crippen molar-refractivity contribution in [1.29, 1.82) is 0 Å². The fourth-order valence-electron chi connectivity index (χ4n) is 2.13. The van der Waals surface area contributed by atoms with E-state index in [4.69, 9.17) is 19.9 Å². The van der Waals surface area contributed by atoms with Crippen molar-refractivity contribution in [2.24, 2.45) is 5.73 Å². The summed E-state index contributed by atoms with van der Waals surface area (Å²) >= 11 is 0. The van der Waals surface area contributed by atoms with E-state index in [2.05, 4.69) is 5.32 Å². The molecule has 0 spiro atoms. The Labute approximate surface area is 107 Å². The van der Waals surface area contributed by atoms with Gasteiger partial charge in [0.05, 0.1) is 33.5 Å². The lowest BCUT2D eigenvalue weighted by molar-refractivity contribution is 0.0682. The van der Waals surface area contributed by atoms with Gasteiger partial charge in [-0.05, 0) is 6.07 Å². The number of benzene rings is 1. The summed E-state index contributed by atoms with van der Waals surface area (Å²) in [6.45, 7) is 2.19. The second-order valence-electron chi connectivity index (χ2n) is 4.27. The Morgan fingerprint density at radius 2 is 2.22 bits per heavy atom. The molecule has 0 bridgehead atoms. The lowest BCUT2D eigenvalue weighted by Gasteiger charge is -2.30. The van der Waals surface area contributed by atoms with Gasteiger partial charge >= 0.3 is 0 Å². The van der Waals surface area contributed by atoms with Crippen molar-refractivity contribution >= 4 is 0 Å². The van der Waals surface area contributed by atoms with Crippen LogP contribution in [-0.4, -0.2) is 40.0 Å². The van der Waals surface area contributed by atoms with Gasteiger partial charge in [-0.2, -0.15) is 0 Å². The molecule has 5 heteroatoms. The molecular formula is C13H20N2O3. The molecule has 1 aromatic carbocycles. The largest absolute Gasteiger partial charge is 0.497 e. The quantitative estimate of drug-likeness (QED) is 0.825. The van der Waals surface area contributed by atoms with Crippen LogP contribution >= 0.6 is 0 Å². The molecule has 100 valence electrons. The Balaban J connectivity index is 2.20. The Morgan fingerprint density at radius 1 is 1.39 bits per heavy atom. The molecule has 2 rings (SSSR count). The van der Waals surface area contributed by atoms with Crippen molar-refractivity contribution in [3.8, 4) is 11.5 Å². The van der Waals surface area contributed by atoms with Gasteiger partial charge in [-0.1, -0.05) is 6.07 Å². The van der Waals surface area contributed by atoms with Gasteiger partial charge in [0.25, 0.3) is 0 Å². The van der Waals surface area contributed by atoms with E-state index in [9.17, 15) is 0 Å². The van der Waals surface area contributed by atoms with Gasteiger partial charge in [-0.25, -0.2) is 0 Å². The van der Waals surface area contributed by atoms with E-state index in [1.807, 2.05) is 18.2 Å². The third-order valence-corrected chi connectivity index (χ3v) is 3.18. The first-order chi connectivity index (χ1) is 8.76. The molecular weight excluding hydrogens is 232 g/mol.